The molecule has 0 radical (unpaired) electrons. The van der Waals surface area contributed by atoms with Gasteiger partial charge in [-0.25, -0.2) is 4.79 Å². The molecule has 2 aromatic rings. The van der Waals surface area contributed by atoms with Crippen LogP contribution in [0.3, 0.4) is 0 Å². The number of urea groups is 1. The van der Waals surface area contributed by atoms with Crippen LogP contribution in [0.4, 0.5) is 23.7 Å². The van der Waals surface area contributed by atoms with E-state index in [4.69, 9.17) is 4.74 Å². The molecule has 0 aliphatic carbocycles. The number of halogens is 3. The van der Waals surface area contributed by atoms with Crippen LogP contribution in [-0.2, 0) is 6.18 Å². The number of alkyl halides is 3. The molecule has 0 aromatic heterocycles. The smallest absolute Gasteiger partial charge is 0.416 e. The Labute approximate surface area is 158 Å². The highest BCUT2D eigenvalue weighted by atomic mass is 32.2. The molecule has 1 unspecified atom stereocenters. The molecule has 2 rings (SSSR count). The predicted octanol–water partition coefficient (Wildman–Crippen LogP) is 3.99. The highest BCUT2D eigenvalue weighted by Gasteiger charge is 2.30. The molecule has 0 bridgehead atoms. The number of rotatable bonds is 7. The van der Waals surface area contributed by atoms with Crippen molar-refractivity contribution in [3.05, 3.63) is 54.1 Å². The third-order valence-electron chi connectivity index (χ3n) is 3.43. The molecule has 0 saturated heterocycles. The number of anilines is 1. The topological polar surface area (TPSA) is 70.6 Å². The van der Waals surface area contributed by atoms with Crippen molar-refractivity contribution in [3.8, 4) is 5.75 Å². The molecule has 27 heavy (non-hydrogen) atoms. The number of aliphatic hydroxyl groups excluding tert-OH is 1. The molecule has 0 fully saturated rings. The fourth-order valence-corrected chi connectivity index (χ4v) is 2.56. The van der Waals surface area contributed by atoms with E-state index in [9.17, 15) is 23.1 Å². The molecule has 146 valence electrons. The van der Waals surface area contributed by atoms with Crippen LogP contribution < -0.4 is 15.4 Å². The van der Waals surface area contributed by atoms with Crippen molar-refractivity contribution in [1.29, 1.82) is 0 Å². The lowest BCUT2D eigenvalue weighted by atomic mass is 10.2. The van der Waals surface area contributed by atoms with Gasteiger partial charge in [0.1, 0.15) is 18.5 Å². The summed E-state index contributed by atoms with van der Waals surface area (Å²) in [6, 6.07) is 11.1. The first kappa shape index (κ1) is 20.9. The third-order valence-corrected chi connectivity index (χ3v) is 4.15. The Balaban J connectivity index is 1.77. The van der Waals surface area contributed by atoms with Crippen LogP contribution in [0.25, 0.3) is 0 Å². The average molecular weight is 400 g/mol. The summed E-state index contributed by atoms with van der Waals surface area (Å²) in [5, 5.41) is 14.9. The Morgan fingerprint density at radius 2 is 1.96 bits per heavy atom. The Hall–Kier alpha value is -2.39. The second-order valence-corrected chi connectivity index (χ2v) is 6.44. The number of hydrogen-bond acceptors (Lipinski definition) is 4. The summed E-state index contributed by atoms with van der Waals surface area (Å²) in [6.45, 7) is -0.378. The van der Waals surface area contributed by atoms with E-state index in [1.807, 2.05) is 12.3 Å². The van der Waals surface area contributed by atoms with Crippen LogP contribution in [0.1, 0.15) is 5.56 Å². The molecule has 0 spiro atoms. The summed E-state index contributed by atoms with van der Waals surface area (Å²) in [7, 11) is 0. The van der Waals surface area contributed by atoms with Crippen LogP contribution in [0.5, 0.6) is 5.75 Å². The van der Waals surface area contributed by atoms with Crippen molar-refractivity contribution in [3.63, 3.8) is 0 Å². The van der Waals surface area contributed by atoms with Gasteiger partial charge in [0.2, 0.25) is 0 Å². The first-order chi connectivity index (χ1) is 12.8. The molecule has 0 heterocycles. The molecular weight excluding hydrogens is 381 g/mol. The second-order valence-electron chi connectivity index (χ2n) is 5.56. The zero-order valence-corrected chi connectivity index (χ0v) is 15.2. The number of thioether (sulfide) groups is 1. The highest BCUT2D eigenvalue weighted by molar-refractivity contribution is 7.98. The maximum atomic E-state index is 12.6. The molecule has 0 aliphatic rings. The van der Waals surface area contributed by atoms with Gasteiger partial charge in [0.15, 0.2) is 0 Å². The van der Waals surface area contributed by atoms with Crippen LogP contribution in [0.2, 0.25) is 0 Å². The normalized spacial score (nSPS) is 12.3. The highest BCUT2D eigenvalue weighted by Crippen LogP contribution is 2.31. The number of benzene rings is 2. The number of nitrogens with one attached hydrogen (secondary N) is 2. The van der Waals surface area contributed by atoms with E-state index in [0.717, 1.165) is 17.0 Å². The summed E-state index contributed by atoms with van der Waals surface area (Å²) in [6.07, 6.45) is -3.63. The lowest BCUT2D eigenvalue weighted by Gasteiger charge is -2.15. The largest absolute Gasteiger partial charge is 0.491 e. The van der Waals surface area contributed by atoms with E-state index in [2.05, 4.69) is 10.6 Å². The van der Waals surface area contributed by atoms with Crippen molar-refractivity contribution in [2.45, 2.75) is 17.2 Å². The van der Waals surface area contributed by atoms with Gasteiger partial charge in [0.25, 0.3) is 0 Å². The molecule has 0 saturated carbocycles. The number of hydrogen-bond donors (Lipinski definition) is 3. The lowest BCUT2D eigenvalue weighted by Crippen LogP contribution is -2.37. The number of carbonyl (C=O) groups excluding carboxylic acids is 1. The summed E-state index contributed by atoms with van der Waals surface area (Å²) >= 11 is 1.54. The molecule has 0 aliphatic heterocycles. The monoisotopic (exact) mass is 400 g/mol. The van der Waals surface area contributed by atoms with E-state index in [-0.39, 0.29) is 18.9 Å². The summed E-state index contributed by atoms with van der Waals surface area (Å²) in [5.74, 6) is -0.0118. The molecule has 9 heteroatoms. The van der Waals surface area contributed by atoms with E-state index in [1.54, 1.807) is 18.2 Å². The molecule has 3 N–H and O–H groups in total. The summed E-state index contributed by atoms with van der Waals surface area (Å²) in [5.41, 5.74) is -0.228. The van der Waals surface area contributed by atoms with Gasteiger partial charge in [-0.15, -0.1) is 11.8 Å². The zero-order chi connectivity index (χ0) is 19.9. The van der Waals surface area contributed by atoms with Gasteiger partial charge >= 0.3 is 12.2 Å². The van der Waals surface area contributed by atoms with E-state index in [1.165, 1.54) is 23.9 Å². The number of aliphatic hydroxyl groups is 1. The number of ether oxygens (including phenoxy) is 1. The zero-order valence-electron chi connectivity index (χ0n) is 14.4. The van der Waals surface area contributed by atoms with Crippen molar-refractivity contribution in [2.24, 2.45) is 0 Å². The van der Waals surface area contributed by atoms with Crippen molar-refractivity contribution < 1.29 is 27.8 Å². The third kappa shape index (κ3) is 7.03. The molecule has 2 aromatic carbocycles. The van der Waals surface area contributed by atoms with Gasteiger partial charge in [-0.1, -0.05) is 12.1 Å². The van der Waals surface area contributed by atoms with E-state index >= 15 is 0 Å². The van der Waals surface area contributed by atoms with Crippen LogP contribution >= 0.6 is 11.8 Å². The van der Waals surface area contributed by atoms with Gasteiger partial charge in [0.05, 0.1) is 5.56 Å². The first-order valence-corrected chi connectivity index (χ1v) is 9.17. The Morgan fingerprint density at radius 3 is 2.67 bits per heavy atom. The average Bonchev–Trinajstić information content (AvgIpc) is 2.64. The number of amides is 2. The molecule has 5 nitrogen and oxygen atoms in total. The lowest BCUT2D eigenvalue weighted by molar-refractivity contribution is -0.137. The van der Waals surface area contributed by atoms with Crippen LogP contribution in [-0.4, -0.2) is 36.6 Å². The molecular formula is C18H19F3N2O3S. The Kier molecular flexibility index (Phi) is 7.37. The van der Waals surface area contributed by atoms with Crippen molar-refractivity contribution in [2.75, 3.05) is 24.7 Å². The van der Waals surface area contributed by atoms with Crippen molar-refractivity contribution in [1.82, 2.24) is 5.32 Å². The van der Waals surface area contributed by atoms with Crippen LogP contribution in [0.15, 0.2) is 53.4 Å². The SMILES string of the molecule is CSc1cccc(NC(=O)NCC(O)COc2cccc(C(F)(F)F)c2)c1. The van der Waals surface area contributed by atoms with Gasteiger partial charge < -0.3 is 20.5 Å². The van der Waals surface area contributed by atoms with Crippen molar-refractivity contribution >= 4 is 23.5 Å². The maximum absolute atomic E-state index is 12.6. The molecule has 2 amide bonds. The fourth-order valence-electron chi connectivity index (χ4n) is 2.10. The van der Waals surface area contributed by atoms with E-state index in [0.29, 0.717) is 5.69 Å². The number of carbonyl (C=O) groups is 1. The minimum atomic E-state index is -4.47. The Bertz CT molecular complexity index is 772. The van der Waals surface area contributed by atoms with E-state index < -0.39 is 23.9 Å². The van der Waals surface area contributed by atoms with Gasteiger partial charge in [-0.05, 0) is 42.7 Å². The van der Waals surface area contributed by atoms with Gasteiger partial charge in [-0.2, -0.15) is 13.2 Å². The fraction of sp³-hybridized carbons (Fsp3) is 0.278. The maximum Gasteiger partial charge on any atom is 0.416 e. The van der Waals surface area contributed by atoms with Crippen LogP contribution in [0, 0.1) is 0 Å². The minimum absolute atomic E-state index is 0.0118. The standard InChI is InChI=1S/C18H19F3N2O3S/c1-27-16-7-3-5-13(9-16)23-17(25)22-10-14(24)11-26-15-6-2-4-12(8-15)18(19,20)21/h2-9,14,24H,10-11H2,1H3,(H2,22,23,25). The summed E-state index contributed by atoms with van der Waals surface area (Å²) < 4.78 is 43.1. The molecule has 1 atom stereocenters. The predicted molar refractivity (Wildman–Crippen MR) is 98.2 cm³/mol. The van der Waals surface area contributed by atoms with Gasteiger partial charge in [-0.3, -0.25) is 0 Å². The summed E-state index contributed by atoms with van der Waals surface area (Å²) in [4.78, 5) is 12.8. The second kappa shape index (κ2) is 9.52. The minimum Gasteiger partial charge on any atom is -0.491 e. The first-order valence-electron chi connectivity index (χ1n) is 7.95. The quantitative estimate of drug-likeness (QED) is 0.615. The Morgan fingerprint density at radius 1 is 1.22 bits per heavy atom. The van der Waals surface area contributed by atoms with Gasteiger partial charge in [0, 0.05) is 17.1 Å².